The van der Waals surface area contributed by atoms with Gasteiger partial charge in [-0.25, -0.2) is 14.4 Å². The standard InChI is InChI=1S/C21H32N2O6/c1-5-9-10-11-12-21(8-4)19(26)22(13-15-28-17(24)6-2)20(27)23(21)14-16-29-18(25)7-3/h6-7H,2-3,5,8-16H2,1,4H3. The molecule has 1 fully saturated rings. The maximum absolute atomic E-state index is 13.2. The second-order valence-corrected chi connectivity index (χ2v) is 6.83. The molecule has 8 heteroatoms. The van der Waals surface area contributed by atoms with Crippen molar-refractivity contribution in [3.05, 3.63) is 25.3 Å². The number of rotatable bonds is 14. The minimum absolute atomic E-state index is 0.0279. The van der Waals surface area contributed by atoms with E-state index < -0.39 is 23.5 Å². The fourth-order valence-electron chi connectivity index (χ4n) is 3.49. The number of hydrogen-bond donors (Lipinski definition) is 0. The van der Waals surface area contributed by atoms with Crippen molar-refractivity contribution < 1.29 is 28.7 Å². The lowest BCUT2D eigenvalue weighted by Crippen LogP contribution is -2.50. The van der Waals surface area contributed by atoms with Crippen LogP contribution in [-0.2, 0) is 23.9 Å². The van der Waals surface area contributed by atoms with Crippen molar-refractivity contribution in [2.75, 3.05) is 26.3 Å². The van der Waals surface area contributed by atoms with Crippen molar-refractivity contribution >= 4 is 23.9 Å². The lowest BCUT2D eigenvalue weighted by Gasteiger charge is -2.34. The van der Waals surface area contributed by atoms with E-state index in [9.17, 15) is 19.2 Å². The molecule has 3 amide bonds. The molecule has 1 atom stereocenters. The maximum atomic E-state index is 13.2. The molecule has 8 nitrogen and oxygen atoms in total. The van der Waals surface area contributed by atoms with E-state index >= 15 is 0 Å². The molecule has 1 saturated heterocycles. The van der Waals surface area contributed by atoms with E-state index in [-0.39, 0.29) is 32.2 Å². The molecule has 1 unspecified atom stereocenters. The molecular weight excluding hydrogens is 376 g/mol. The van der Waals surface area contributed by atoms with E-state index in [1.54, 1.807) is 0 Å². The molecule has 0 spiro atoms. The second kappa shape index (κ2) is 12.0. The lowest BCUT2D eigenvalue weighted by molar-refractivity contribution is -0.141. The van der Waals surface area contributed by atoms with Crippen LogP contribution in [0.15, 0.2) is 25.3 Å². The highest BCUT2D eigenvalue weighted by molar-refractivity contribution is 6.07. The number of nitrogens with zero attached hydrogens (tertiary/aromatic N) is 2. The second-order valence-electron chi connectivity index (χ2n) is 6.83. The first-order chi connectivity index (χ1) is 13.9. The van der Waals surface area contributed by atoms with Crippen molar-refractivity contribution in [3.63, 3.8) is 0 Å². The summed E-state index contributed by atoms with van der Waals surface area (Å²) in [4.78, 5) is 51.4. The number of imide groups is 1. The van der Waals surface area contributed by atoms with Crippen molar-refractivity contribution in [2.45, 2.75) is 57.9 Å². The predicted molar refractivity (Wildman–Crippen MR) is 108 cm³/mol. The van der Waals surface area contributed by atoms with Gasteiger partial charge in [-0.2, -0.15) is 0 Å². The van der Waals surface area contributed by atoms with Crippen molar-refractivity contribution in [1.82, 2.24) is 9.80 Å². The van der Waals surface area contributed by atoms with Gasteiger partial charge in [-0.1, -0.05) is 52.7 Å². The third-order valence-corrected chi connectivity index (χ3v) is 5.10. The summed E-state index contributed by atoms with van der Waals surface area (Å²) in [6.07, 6.45) is 6.95. The fraction of sp³-hybridized carbons (Fsp3) is 0.619. The highest BCUT2D eigenvalue weighted by Gasteiger charge is 2.55. The molecule has 0 aromatic rings. The SMILES string of the molecule is C=CC(=O)OCCN1C(=O)N(CCOC(=O)C=C)C(CC)(CCCCCC)C1=O. The van der Waals surface area contributed by atoms with Crippen LogP contribution in [0.1, 0.15) is 52.4 Å². The zero-order valence-electron chi connectivity index (χ0n) is 17.5. The lowest BCUT2D eigenvalue weighted by atomic mass is 9.87. The van der Waals surface area contributed by atoms with Crippen molar-refractivity contribution in [1.29, 1.82) is 0 Å². The monoisotopic (exact) mass is 408 g/mol. The predicted octanol–water partition coefficient (Wildman–Crippen LogP) is 2.83. The summed E-state index contributed by atoms with van der Waals surface area (Å²) in [5.74, 6) is -1.49. The van der Waals surface area contributed by atoms with Crippen LogP contribution in [0.3, 0.4) is 0 Å². The zero-order chi connectivity index (χ0) is 21.9. The Kier molecular flexibility index (Phi) is 10.1. The molecule has 0 bridgehead atoms. The Hall–Kier alpha value is -2.64. The summed E-state index contributed by atoms with van der Waals surface area (Å²) in [6, 6.07) is -0.461. The third kappa shape index (κ3) is 6.17. The van der Waals surface area contributed by atoms with Gasteiger partial charge >= 0.3 is 18.0 Å². The van der Waals surface area contributed by atoms with E-state index in [0.29, 0.717) is 12.8 Å². The molecule has 162 valence electrons. The van der Waals surface area contributed by atoms with Crippen LogP contribution in [0.2, 0.25) is 0 Å². The Labute approximate surface area is 172 Å². The molecule has 0 radical (unpaired) electrons. The van der Waals surface area contributed by atoms with Crippen LogP contribution in [0.4, 0.5) is 4.79 Å². The summed E-state index contributed by atoms with van der Waals surface area (Å²) in [5, 5.41) is 0. The first kappa shape index (κ1) is 24.4. The topological polar surface area (TPSA) is 93.2 Å². The van der Waals surface area contributed by atoms with Gasteiger partial charge in [-0.15, -0.1) is 0 Å². The average Bonchev–Trinajstić information content (AvgIpc) is 2.92. The molecule has 1 heterocycles. The first-order valence-corrected chi connectivity index (χ1v) is 10.1. The number of unbranched alkanes of at least 4 members (excludes halogenated alkanes) is 3. The summed E-state index contributed by atoms with van der Waals surface area (Å²) in [7, 11) is 0. The Morgan fingerprint density at radius 1 is 0.966 bits per heavy atom. The van der Waals surface area contributed by atoms with E-state index in [0.717, 1.165) is 42.7 Å². The molecule has 1 aliphatic heterocycles. The molecule has 0 N–H and O–H groups in total. The van der Waals surface area contributed by atoms with Crippen molar-refractivity contribution in [2.24, 2.45) is 0 Å². The zero-order valence-corrected chi connectivity index (χ0v) is 17.5. The van der Waals surface area contributed by atoms with E-state index in [1.165, 1.54) is 4.90 Å². The Morgan fingerprint density at radius 3 is 2.07 bits per heavy atom. The quantitative estimate of drug-likeness (QED) is 0.190. The van der Waals surface area contributed by atoms with Crippen molar-refractivity contribution in [3.8, 4) is 0 Å². The van der Waals surface area contributed by atoms with E-state index in [1.807, 2.05) is 6.92 Å². The fourth-order valence-corrected chi connectivity index (χ4v) is 3.49. The van der Waals surface area contributed by atoms with Crippen LogP contribution in [0.25, 0.3) is 0 Å². The molecule has 0 aromatic heterocycles. The molecule has 1 aliphatic rings. The Bertz CT molecular complexity index is 633. The minimum Gasteiger partial charge on any atom is -0.461 e. The summed E-state index contributed by atoms with van der Waals surface area (Å²) in [5.41, 5.74) is -0.978. The summed E-state index contributed by atoms with van der Waals surface area (Å²) in [6.45, 7) is 10.6. The third-order valence-electron chi connectivity index (χ3n) is 5.10. The normalized spacial score (nSPS) is 18.7. The molecule has 29 heavy (non-hydrogen) atoms. The Morgan fingerprint density at radius 2 is 1.55 bits per heavy atom. The van der Waals surface area contributed by atoms with Crippen LogP contribution in [0.5, 0.6) is 0 Å². The first-order valence-electron chi connectivity index (χ1n) is 10.1. The highest BCUT2D eigenvalue weighted by Crippen LogP contribution is 2.35. The van der Waals surface area contributed by atoms with Crippen LogP contribution >= 0.6 is 0 Å². The van der Waals surface area contributed by atoms with Gasteiger partial charge in [0.25, 0.3) is 5.91 Å². The van der Waals surface area contributed by atoms with Gasteiger partial charge in [-0.05, 0) is 12.8 Å². The smallest absolute Gasteiger partial charge is 0.330 e. The summed E-state index contributed by atoms with van der Waals surface area (Å²) < 4.78 is 9.94. The molecule has 0 aliphatic carbocycles. The summed E-state index contributed by atoms with van der Waals surface area (Å²) >= 11 is 0. The maximum Gasteiger partial charge on any atom is 0.330 e. The van der Waals surface area contributed by atoms with E-state index in [2.05, 4.69) is 20.1 Å². The van der Waals surface area contributed by atoms with Gasteiger partial charge in [0.2, 0.25) is 0 Å². The van der Waals surface area contributed by atoms with Gasteiger partial charge in [0, 0.05) is 12.2 Å². The van der Waals surface area contributed by atoms with Crippen LogP contribution in [-0.4, -0.2) is 65.5 Å². The molecule has 1 rings (SSSR count). The number of amides is 3. The van der Waals surface area contributed by atoms with Gasteiger partial charge in [-0.3, -0.25) is 9.69 Å². The number of carbonyl (C=O) groups excluding carboxylic acids is 4. The number of urea groups is 1. The van der Waals surface area contributed by atoms with Crippen LogP contribution in [0, 0.1) is 0 Å². The van der Waals surface area contributed by atoms with Gasteiger partial charge in [0.15, 0.2) is 0 Å². The minimum atomic E-state index is -0.978. The highest BCUT2D eigenvalue weighted by atomic mass is 16.5. The average molecular weight is 408 g/mol. The Balaban J connectivity index is 2.96. The van der Waals surface area contributed by atoms with Crippen LogP contribution < -0.4 is 0 Å². The number of hydrogen-bond acceptors (Lipinski definition) is 6. The number of carbonyl (C=O) groups is 4. The number of esters is 2. The molecule has 0 aromatic carbocycles. The van der Waals surface area contributed by atoms with Gasteiger partial charge in [0.1, 0.15) is 18.8 Å². The van der Waals surface area contributed by atoms with E-state index in [4.69, 9.17) is 9.47 Å². The molecule has 0 saturated carbocycles. The van der Waals surface area contributed by atoms with Gasteiger partial charge < -0.3 is 14.4 Å². The van der Waals surface area contributed by atoms with Gasteiger partial charge in [0.05, 0.1) is 13.1 Å². The largest absolute Gasteiger partial charge is 0.461 e. The molecular formula is C21H32N2O6. The number of ether oxygens (including phenoxy) is 2.